The van der Waals surface area contributed by atoms with Crippen LogP contribution in [0.4, 0.5) is 0 Å². The molecule has 0 spiro atoms. The first-order chi connectivity index (χ1) is 19.2. The monoisotopic (exact) mass is 550 g/mol. The zero-order chi connectivity index (χ0) is 28.9. The molecule has 0 aliphatic carbocycles. The average molecular weight is 550 g/mol. The fourth-order valence-corrected chi connectivity index (χ4v) is 4.73. The minimum Gasteiger partial charge on any atom is -0.396 e. The Morgan fingerprint density at radius 2 is 0.744 bits per heavy atom. The quantitative estimate of drug-likeness (QED) is 0.0691. The number of hydrogen-bond acceptors (Lipinski definition) is 2. The lowest BCUT2D eigenvalue weighted by Gasteiger charge is -1.99. The first kappa shape index (κ1) is 40.1. The largest absolute Gasteiger partial charge is 0.396 e. The molecule has 0 saturated heterocycles. The number of unbranched alkanes of at least 4 members (excludes halogenated alkanes) is 23. The van der Waals surface area contributed by atoms with Gasteiger partial charge in [-0.25, -0.2) is 0 Å². The molecule has 3 nitrogen and oxygen atoms in total. The Labute approximate surface area is 245 Å². The van der Waals surface area contributed by atoms with E-state index < -0.39 is 0 Å². The lowest BCUT2D eigenvalue weighted by atomic mass is 10.1. The van der Waals surface area contributed by atoms with E-state index in [1.807, 2.05) is 0 Å². The topological polar surface area (TPSA) is 63.3 Å². The fourth-order valence-electron chi connectivity index (χ4n) is 4.73. The zero-order valence-corrected chi connectivity index (χ0v) is 26.7. The highest BCUT2D eigenvalue weighted by molar-refractivity contribution is 5.73. The molecule has 0 unspecified atom stereocenters. The molecule has 232 valence electrons. The van der Waals surface area contributed by atoms with Gasteiger partial charge in [0.1, 0.15) is 0 Å². The number of amides is 1. The highest BCUT2D eigenvalue weighted by Gasteiger charge is 1.94. The predicted octanol–water partition coefficient (Wildman–Crippen LogP) is 11.5. The molecular weight excluding hydrogens is 478 g/mol. The van der Waals surface area contributed by atoms with E-state index in [0.717, 1.165) is 19.3 Å². The summed E-state index contributed by atoms with van der Waals surface area (Å²) in [6, 6.07) is 0. The summed E-state index contributed by atoms with van der Waals surface area (Å²) in [7, 11) is 0. The summed E-state index contributed by atoms with van der Waals surface area (Å²) in [6.07, 6.45) is 45.1. The van der Waals surface area contributed by atoms with Gasteiger partial charge in [0.25, 0.3) is 0 Å². The van der Waals surface area contributed by atoms with E-state index in [1.54, 1.807) is 0 Å². The molecule has 0 atom stereocenters. The molecule has 0 aromatic carbocycles. The van der Waals surface area contributed by atoms with Crippen LogP contribution >= 0.6 is 0 Å². The predicted molar refractivity (Wildman–Crippen MR) is 175 cm³/mol. The number of hydrogen-bond donors (Lipinski definition) is 2. The molecule has 3 N–H and O–H groups in total. The Hall–Kier alpha value is -1.09. The van der Waals surface area contributed by atoms with Gasteiger partial charge in [0.05, 0.1) is 0 Å². The molecule has 0 aromatic heterocycles. The molecule has 39 heavy (non-hydrogen) atoms. The van der Waals surface area contributed by atoms with Crippen LogP contribution in [0, 0.1) is 0 Å². The molecule has 0 aliphatic rings. The Balaban J connectivity index is 0. The first-order valence-corrected chi connectivity index (χ1v) is 17.4. The summed E-state index contributed by atoms with van der Waals surface area (Å²) in [5.74, 6) is -0.164. The number of primary amides is 1. The molecule has 1 amide bonds. The van der Waals surface area contributed by atoms with Crippen LogP contribution in [0.1, 0.15) is 194 Å². The number of rotatable bonds is 30. The Kier molecular flexibility index (Phi) is 40.1. The van der Waals surface area contributed by atoms with Crippen molar-refractivity contribution in [2.45, 2.75) is 194 Å². The van der Waals surface area contributed by atoms with Crippen LogP contribution in [0.3, 0.4) is 0 Å². The SMILES string of the molecule is CCCCCCCC/C=C\CCCCCCCC(N)=O.CCCCCCCC/C=C\CCCCCCCCO. The molecule has 0 rings (SSSR count). The maximum atomic E-state index is 10.5. The lowest BCUT2D eigenvalue weighted by Crippen LogP contribution is -2.09. The van der Waals surface area contributed by atoms with Gasteiger partial charge < -0.3 is 10.8 Å². The molecular formula is C36H71NO2. The number of aliphatic hydroxyl groups is 1. The number of nitrogens with two attached hydrogens (primary N) is 1. The van der Waals surface area contributed by atoms with Crippen molar-refractivity contribution in [3.63, 3.8) is 0 Å². The summed E-state index contributed by atoms with van der Waals surface area (Å²) < 4.78 is 0. The second-order valence-electron chi connectivity index (χ2n) is 11.5. The Morgan fingerprint density at radius 3 is 1.05 bits per heavy atom. The van der Waals surface area contributed by atoms with Crippen LogP contribution in [-0.4, -0.2) is 17.6 Å². The van der Waals surface area contributed by atoms with Crippen molar-refractivity contribution in [1.29, 1.82) is 0 Å². The van der Waals surface area contributed by atoms with E-state index in [0.29, 0.717) is 13.0 Å². The lowest BCUT2D eigenvalue weighted by molar-refractivity contribution is -0.118. The normalized spacial score (nSPS) is 11.4. The maximum Gasteiger partial charge on any atom is 0.217 e. The highest BCUT2D eigenvalue weighted by atomic mass is 16.2. The summed E-state index contributed by atoms with van der Waals surface area (Å²) in [6.45, 7) is 4.90. The summed E-state index contributed by atoms with van der Waals surface area (Å²) in [4.78, 5) is 10.5. The summed E-state index contributed by atoms with van der Waals surface area (Å²) in [5.41, 5.74) is 5.10. The van der Waals surface area contributed by atoms with Crippen molar-refractivity contribution >= 4 is 5.91 Å². The number of carbonyl (C=O) groups is 1. The minimum absolute atomic E-state index is 0.164. The second kappa shape index (κ2) is 39.1. The third-order valence-electron chi connectivity index (χ3n) is 7.35. The molecule has 0 aromatic rings. The van der Waals surface area contributed by atoms with Crippen molar-refractivity contribution in [2.24, 2.45) is 5.73 Å². The Morgan fingerprint density at radius 1 is 0.462 bits per heavy atom. The van der Waals surface area contributed by atoms with Gasteiger partial charge in [-0.15, -0.1) is 0 Å². The van der Waals surface area contributed by atoms with Crippen molar-refractivity contribution < 1.29 is 9.90 Å². The van der Waals surface area contributed by atoms with Crippen molar-refractivity contribution in [1.82, 2.24) is 0 Å². The number of aliphatic hydroxyl groups excluding tert-OH is 1. The average Bonchev–Trinajstić information content (AvgIpc) is 2.93. The highest BCUT2D eigenvalue weighted by Crippen LogP contribution is 2.11. The van der Waals surface area contributed by atoms with Gasteiger partial charge in [0.2, 0.25) is 5.91 Å². The van der Waals surface area contributed by atoms with Gasteiger partial charge in [-0.2, -0.15) is 0 Å². The van der Waals surface area contributed by atoms with Crippen LogP contribution < -0.4 is 5.73 Å². The standard InChI is InChI=1S/C18H35NO.C18H36O/c1-2-3-4-5-6-7-8-9-10-11-12-13-14-15-16-17-18(19)20;1-2-3-4-5-6-7-8-9-10-11-12-13-14-15-16-17-18-19/h9-10H,2-8,11-17H2,1H3,(H2,19,20);9-10,19H,2-8,11-18H2,1H3/b2*10-9-. The minimum atomic E-state index is -0.164. The van der Waals surface area contributed by atoms with Gasteiger partial charge in [-0.05, 0) is 64.2 Å². The maximum absolute atomic E-state index is 10.5. The van der Waals surface area contributed by atoms with Gasteiger partial charge in [0.15, 0.2) is 0 Å². The third kappa shape index (κ3) is 44.2. The van der Waals surface area contributed by atoms with E-state index in [-0.39, 0.29) is 5.91 Å². The van der Waals surface area contributed by atoms with Crippen LogP contribution in [0.2, 0.25) is 0 Å². The molecule has 0 aliphatic heterocycles. The van der Waals surface area contributed by atoms with E-state index in [1.165, 1.54) is 154 Å². The van der Waals surface area contributed by atoms with Crippen LogP contribution in [0.15, 0.2) is 24.3 Å². The Bertz CT molecular complexity index is 500. The zero-order valence-electron chi connectivity index (χ0n) is 26.7. The number of carbonyl (C=O) groups excluding carboxylic acids is 1. The number of allylic oxidation sites excluding steroid dienone is 4. The summed E-state index contributed by atoms with van der Waals surface area (Å²) in [5, 5.41) is 8.66. The smallest absolute Gasteiger partial charge is 0.217 e. The van der Waals surface area contributed by atoms with Crippen LogP contribution in [0.25, 0.3) is 0 Å². The van der Waals surface area contributed by atoms with Gasteiger partial charge in [0, 0.05) is 13.0 Å². The molecule has 0 bridgehead atoms. The first-order valence-electron chi connectivity index (χ1n) is 17.4. The van der Waals surface area contributed by atoms with Crippen molar-refractivity contribution in [2.75, 3.05) is 6.61 Å². The van der Waals surface area contributed by atoms with Crippen molar-refractivity contribution in [3.8, 4) is 0 Å². The van der Waals surface area contributed by atoms with E-state index in [2.05, 4.69) is 38.2 Å². The van der Waals surface area contributed by atoms with E-state index >= 15 is 0 Å². The molecule has 0 heterocycles. The van der Waals surface area contributed by atoms with E-state index in [4.69, 9.17) is 10.8 Å². The van der Waals surface area contributed by atoms with Gasteiger partial charge >= 0.3 is 0 Å². The fraction of sp³-hybridized carbons (Fsp3) is 0.861. The molecule has 3 heteroatoms. The van der Waals surface area contributed by atoms with E-state index in [9.17, 15) is 4.79 Å². The summed E-state index contributed by atoms with van der Waals surface area (Å²) >= 11 is 0. The van der Waals surface area contributed by atoms with Gasteiger partial charge in [-0.1, -0.05) is 147 Å². The molecule has 0 radical (unpaired) electrons. The van der Waals surface area contributed by atoms with Crippen LogP contribution in [-0.2, 0) is 4.79 Å². The molecule has 0 saturated carbocycles. The third-order valence-corrected chi connectivity index (χ3v) is 7.35. The van der Waals surface area contributed by atoms with Crippen molar-refractivity contribution in [3.05, 3.63) is 24.3 Å². The second-order valence-corrected chi connectivity index (χ2v) is 11.5. The molecule has 0 fully saturated rings. The van der Waals surface area contributed by atoms with Gasteiger partial charge in [-0.3, -0.25) is 4.79 Å². The van der Waals surface area contributed by atoms with Crippen LogP contribution in [0.5, 0.6) is 0 Å².